The van der Waals surface area contributed by atoms with Crippen molar-refractivity contribution in [3.63, 3.8) is 0 Å². The number of nitrogens with one attached hydrogen (secondary N) is 1. The minimum atomic E-state index is -0.403. The van der Waals surface area contributed by atoms with Crippen LogP contribution < -0.4 is 15.0 Å². The summed E-state index contributed by atoms with van der Waals surface area (Å²) in [7, 11) is 0. The number of hydrogen-bond acceptors (Lipinski definition) is 4. The summed E-state index contributed by atoms with van der Waals surface area (Å²) in [4.78, 5) is 2.34. The maximum atomic E-state index is 8.66. The van der Waals surface area contributed by atoms with Crippen LogP contribution in [0.5, 0.6) is 5.75 Å². The number of hydrogen-bond donors (Lipinski definition) is 1. The fraction of sp³-hybridized carbons (Fsp3) is 0.462. The van der Waals surface area contributed by atoms with Crippen LogP contribution in [-0.2, 0) is 0 Å². The lowest BCUT2D eigenvalue weighted by Crippen LogP contribution is -2.43. The van der Waals surface area contributed by atoms with E-state index in [1.165, 1.54) is 5.69 Å². The average Bonchev–Trinajstić information content (AvgIpc) is 2.40. The van der Waals surface area contributed by atoms with E-state index in [0.29, 0.717) is 0 Å². The Morgan fingerprint density at radius 3 is 2.53 bits per heavy atom. The summed E-state index contributed by atoms with van der Waals surface area (Å²) < 4.78 is 5.41. The van der Waals surface area contributed by atoms with Crippen LogP contribution in [0.2, 0.25) is 0 Å². The third-order valence-corrected chi connectivity index (χ3v) is 2.81. The molecule has 1 aliphatic heterocycles. The van der Waals surface area contributed by atoms with Gasteiger partial charge in [0, 0.05) is 31.9 Å². The Balaban J connectivity index is 2.00. The SMILES string of the molecule is CC(C#N)Oc1ccc(N2CCNCC2)cc1. The van der Waals surface area contributed by atoms with Crippen molar-refractivity contribution in [3.05, 3.63) is 24.3 Å². The van der Waals surface area contributed by atoms with Crippen molar-refractivity contribution >= 4 is 5.69 Å². The summed E-state index contributed by atoms with van der Waals surface area (Å²) in [6.07, 6.45) is -0.403. The summed E-state index contributed by atoms with van der Waals surface area (Å²) in [6.45, 7) is 5.88. The van der Waals surface area contributed by atoms with Crippen molar-refractivity contribution < 1.29 is 4.74 Å². The third kappa shape index (κ3) is 3.11. The van der Waals surface area contributed by atoms with Crippen LogP contribution in [0.25, 0.3) is 0 Å². The molecule has 0 radical (unpaired) electrons. The van der Waals surface area contributed by atoms with Crippen molar-refractivity contribution in [2.45, 2.75) is 13.0 Å². The molecule has 1 aromatic carbocycles. The molecule has 1 heterocycles. The first-order valence-electron chi connectivity index (χ1n) is 5.91. The van der Waals surface area contributed by atoms with E-state index in [4.69, 9.17) is 10.00 Å². The molecule has 1 atom stereocenters. The summed E-state index contributed by atoms with van der Waals surface area (Å²) in [5, 5.41) is 12.0. The Bertz CT molecular complexity index is 390. The van der Waals surface area contributed by atoms with Gasteiger partial charge in [-0.2, -0.15) is 5.26 Å². The minimum Gasteiger partial charge on any atom is -0.476 e. The molecule has 0 bridgehead atoms. The van der Waals surface area contributed by atoms with E-state index >= 15 is 0 Å². The van der Waals surface area contributed by atoms with Crippen LogP contribution in [-0.4, -0.2) is 32.3 Å². The predicted octanol–water partition coefficient (Wildman–Crippen LogP) is 1.39. The van der Waals surface area contributed by atoms with Gasteiger partial charge in [-0.3, -0.25) is 0 Å². The predicted molar refractivity (Wildman–Crippen MR) is 67.2 cm³/mol. The number of piperazine rings is 1. The maximum absolute atomic E-state index is 8.66. The average molecular weight is 231 g/mol. The molecule has 90 valence electrons. The van der Waals surface area contributed by atoms with Crippen LogP contribution in [0.15, 0.2) is 24.3 Å². The molecule has 0 saturated carbocycles. The maximum Gasteiger partial charge on any atom is 0.181 e. The summed E-state index contributed by atoms with van der Waals surface area (Å²) in [6, 6.07) is 9.99. The van der Waals surface area contributed by atoms with Crippen LogP contribution in [0.3, 0.4) is 0 Å². The highest BCUT2D eigenvalue weighted by Gasteiger charge is 2.10. The lowest BCUT2D eigenvalue weighted by molar-refractivity contribution is 0.276. The first kappa shape index (κ1) is 11.7. The van der Waals surface area contributed by atoms with Gasteiger partial charge in [0.15, 0.2) is 6.10 Å². The summed E-state index contributed by atoms with van der Waals surface area (Å²) in [5.41, 5.74) is 1.21. The molecular formula is C13H17N3O. The van der Waals surface area contributed by atoms with Crippen LogP contribution in [0.1, 0.15) is 6.92 Å². The van der Waals surface area contributed by atoms with E-state index in [-0.39, 0.29) is 0 Å². The monoisotopic (exact) mass is 231 g/mol. The molecule has 17 heavy (non-hydrogen) atoms. The van der Waals surface area contributed by atoms with Crippen molar-refractivity contribution in [3.8, 4) is 11.8 Å². The molecule has 1 aliphatic rings. The molecule has 0 spiro atoms. The van der Waals surface area contributed by atoms with Crippen LogP contribution in [0, 0.1) is 11.3 Å². The molecule has 0 aliphatic carbocycles. The molecule has 1 unspecified atom stereocenters. The number of rotatable bonds is 3. The van der Waals surface area contributed by atoms with Crippen molar-refractivity contribution in [2.24, 2.45) is 0 Å². The Morgan fingerprint density at radius 2 is 1.94 bits per heavy atom. The number of benzene rings is 1. The number of nitrogens with zero attached hydrogens (tertiary/aromatic N) is 2. The fourth-order valence-electron chi connectivity index (χ4n) is 1.89. The smallest absolute Gasteiger partial charge is 0.181 e. The number of ether oxygens (including phenoxy) is 1. The van der Waals surface area contributed by atoms with Crippen molar-refractivity contribution in [1.82, 2.24) is 5.32 Å². The normalized spacial score (nSPS) is 17.3. The van der Waals surface area contributed by atoms with Crippen molar-refractivity contribution in [1.29, 1.82) is 5.26 Å². The fourth-order valence-corrected chi connectivity index (χ4v) is 1.89. The number of nitriles is 1. The Morgan fingerprint density at radius 1 is 1.29 bits per heavy atom. The quantitative estimate of drug-likeness (QED) is 0.854. The van der Waals surface area contributed by atoms with Gasteiger partial charge in [-0.15, -0.1) is 0 Å². The molecule has 4 nitrogen and oxygen atoms in total. The van der Waals surface area contributed by atoms with E-state index in [1.807, 2.05) is 24.3 Å². The summed E-state index contributed by atoms with van der Waals surface area (Å²) in [5.74, 6) is 0.748. The zero-order valence-electron chi connectivity index (χ0n) is 10.0. The van der Waals surface area contributed by atoms with E-state index in [1.54, 1.807) is 6.92 Å². The highest BCUT2D eigenvalue weighted by atomic mass is 16.5. The highest BCUT2D eigenvalue weighted by molar-refractivity contribution is 5.49. The number of anilines is 1. The van der Waals surface area contributed by atoms with Gasteiger partial charge >= 0.3 is 0 Å². The molecule has 2 rings (SSSR count). The van der Waals surface area contributed by atoms with Gasteiger partial charge in [0.1, 0.15) is 11.8 Å². The van der Waals surface area contributed by atoms with Gasteiger partial charge < -0.3 is 15.0 Å². The molecule has 1 N–H and O–H groups in total. The molecular weight excluding hydrogens is 214 g/mol. The Kier molecular flexibility index (Phi) is 3.84. The molecule has 1 aromatic rings. The van der Waals surface area contributed by atoms with E-state index in [9.17, 15) is 0 Å². The van der Waals surface area contributed by atoms with Gasteiger partial charge in [-0.25, -0.2) is 0 Å². The lowest BCUT2D eigenvalue weighted by atomic mass is 10.2. The minimum absolute atomic E-state index is 0.403. The van der Waals surface area contributed by atoms with Gasteiger partial charge in [0.05, 0.1) is 0 Å². The van der Waals surface area contributed by atoms with E-state index in [0.717, 1.165) is 31.9 Å². The van der Waals surface area contributed by atoms with Crippen molar-refractivity contribution in [2.75, 3.05) is 31.1 Å². The molecule has 0 amide bonds. The zero-order chi connectivity index (χ0) is 12.1. The highest BCUT2D eigenvalue weighted by Crippen LogP contribution is 2.20. The molecule has 0 aromatic heterocycles. The third-order valence-electron chi connectivity index (χ3n) is 2.81. The zero-order valence-corrected chi connectivity index (χ0v) is 10.0. The second-order valence-electron chi connectivity index (χ2n) is 4.12. The van der Waals surface area contributed by atoms with Crippen LogP contribution in [0.4, 0.5) is 5.69 Å². The molecule has 1 saturated heterocycles. The first-order chi connectivity index (χ1) is 8.29. The largest absolute Gasteiger partial charge is 0.476 e. The lowest BCUT2D eigenvalue weighted by Gasteiger charge is -2.29. The first-order valence-corrected chi connectivity index (χ1v) is 5.91. The van der Waals surface area contributed by atoms with Crippen LogP contribution >= 0.6 is 0 Å². The van der Waals surface area contributed by atoms with E-state index in [2.05, 4.69) is 16.3 Å². The van der Waals surface area contributed by atoms with Gasteiger partial charge in [0.25, 0.3) is 0 Å². The topological polar surface area (TPSA) is 48.3 Å². The second-order valence-corrected chi connectivity index (χ2v) is 4.12. The second kappa shape index (κ2) is 5.55. The van der Waals surface area contributed by atoms with Gasteiger partial charge in [-0.05, 0) is 31.2 Å². The Labute approximate surface area is 102 Å². The molecule has 4 heteroatoms. The van der Waals surface area contributed by atoms with Gasteiger partial charge in [0.2, 0.25) is 0 Å². The standard InChI is InChI=1S/C13H17N3O/c1-11(10-14)17-13-4-2-12(3-5-13)16-8-6-15-7-9-16/h2-5,11,15H,6-9H2,1H3. The summed E-state index contributed by atoms with van der Waals surface area (Å²) >= 11 is 0. The molecule has 1 fully saturated rings. The van der Waals surface area contributed by atoms with Gasteiger partial charge in [-0.1, -0.05) is 0 Å². The Hall–Kier alpha value is -1.73. The van der Waals surface area contributed by atoms with E-state index < -0.39 is 6.10 Å².